The van der Waals surface area contributed by atoms with Gasteiger partial charge in [0, 0.05) is 6.07 Å². The molecule has 21 heavy (non-hydrogen) atoms. The number of hydrogen-bond acceptors (Lipinski definition) is 6. The van der Waals surface area contributed by atoms with Crippen molar-refractivity contribution in [3.05, 3.63) is 58.6 Å². The first-order valence-electron chi connectivity index (χ1n) is 5.35. The maximum absolute atomic E-state index is 11.1. The summed E-state index contributed by atoms with van der Waals surface area (Å²) in [6.45, 7) is 0. The van der Waals surface area contributed by atoms with Crippen LogP contribution in [0.3, 0.4) is 0 Å². The van der Waals surface area contributed by atoms with Crippen LogP contribution in [0.5, 0.6) is 11.5 Å². The summed E-state index contributed by atoms with van der Waals surface area (Å²) in [6, 6.07) is 10.7. The van der Waals surface area contributed by atoms with E-state index in [1.165, 1.54) is 12.1 Å². The van der Waals surface area contributed by atoms with E-state index in [0.717, 1.165) is 18.2 Å². The summed E-state index contributed by atoms with van der Waals surface area (Å²) in [7, 11) is -4.79. The van der Waals surface area contributed by atoms with Gasteiger partial charge >= 0.3 is 29.6 Å². The van der Waals surface area contributed by atoms with Gasteiger partial charge in [-0.15, -0.1) is 0 Å². The molecule has 9 heteroatoms. The minimum atomic E-state index is -4.79. The van der Waals surface area contributed by atoms with Crippen LogP contribution in [0.1, 0.15) is 0 Å². The average molecular weight is 317 g/mol. The monoisotopic (exact) mass is 317 g/mol. The van der Waals surface area contributed by atoms with Crippen molar-refractivity contribution in [3.8, 4) is 11.5 Å². The van der Waals surface area contributed by atoms with Gasteiger partial charge in [-0.05, 0) is 18.2 Å². The Hall–Kier alpha value is -1.45. The molecule has 0 aliphatic carbocycles. The number of nitro benzene ring substituents is 1. The Morgan fingerprint density at radius 3 is 2.19 bits per heavy atom. The molecule has 0 unspecified atom stereocenters. The summed E-state index contributed by atoms with van der Waals surface area (Å²) in [4.78, 5) is 9.33. The molecule has 0 saturated heterocycles. The quantitative estimate of drug-likeness (QED) is 0.319. The minimum absolute atomic E-state index is 0. The van der Waals surface area contributed by atoms with Crippen LogP contribution in [0.4, 0.5) is 5.69 Å². The Bertz CT molecular complexity index is 748. The van der Waals surface area contributed by atoms with Crippen molar-refractivity contribution in [2.24, 2.45) is 0 Å². The number of para-hydroxylation sites is 1. The summed E-state index contributed by atoms with van der Waals surface area (Å²) in [5, 5.41) is 10.7. The molecule has 2 aromatic carbocycles. The second kappa shape index (κ2) is 7.01. The molecule has 0 aliphatic rings. The second-order valence-corrected chi connectivity index (χ2v) is 5.11. The molecule has 0 aromatic heterocycles. The van der Waals surface area contributed by atoms with E-state index in [2.05, 4.69) is 0 Å². The zero-order valence-corrected chi connectivity index (χ0v) is 13.7. The van der Waals surface area contributed by atoms with Gasteiger partial charge in [0.1, 0.15) is 15.9 Å². The van der Waals surface area contributed by atoms with Crippen LogP contribution in [0.15, 0.2) is 53.4 Å². The van der Waals surface area contributed by atoms with E-state index in [4.69, 9.17) is 4.74 Å². The molecular weight excluding hydrogens is 309 g/mol. The topological polar surface area (TPSA) is 110 Å². The van der Waals surface area contributed by atoms with Gasteiger partial charge in [0.15, 0.2) is 5.75 Å². The molecular formula is C12H8NNaO6S. The Morgan fingerprint density at radius 1 is 1.05 bits per heavy atom. The number of nitrogens with zero attached hydrogens (tertiary/aromatic N) is 1. The molecule has 0 bridgehead atoms. The summed E-state index contributed by atoms with van der Waals surface area (Å²) in [5.41, 5.74) is -0.372. The van der Waals surface area contributed by atoms with E-state index in [0.29, 0.717) is 0 Å². The number of ether oxygens (including phenoxy) is 1. The first-order chi connectivity index (χ1) is 9.38. The number of non-ortho nitro benzene ring substituents is 1. The number of hydrogen-bond donors (Lipinski definition) is 0. The van der Waals surface area contributed by atoms with Crippen molar-refractivity contribution >= 4 is 15.8 Å². The predicted molar refractivity (Wildman–Crippen MR) is 67.6 cm³/mol. The Balaban J connectivity index is 0.00000220. The number of benzene rings is 2. The van der Waals surface area contributed by atoms with Gasteiger partial charge in [0.2, 0.25) is 0 Å². The Kier molecular flexibility index (Phi) is 5.87. The van der Waals surface area contributed by atoms with Gasteiger partial charge in [-0.2, -0.15) is 0 Å². The zero-order valence-electron chi connectivity index (χ0n) is 10.9. The fourth-order valence-electron chi connectivity index (χ4n) is 1.51. The number of rotatable bonds is 4. The summed E-state index contributed by atoms with van der Waals surface area (Å²) >= 11 is 0. The summed E-state index contributed by atoms with van der Waals surface area (Å²) < 4.78 is 38.6. The standard InChI is InChI=1S/C12H9NO6S.Na/c14-13(15)9-6-7-12(20(16,17)18)11(8-9)19-10-4-2-1-3-5-10;/h1-8H,(H,16,17,18);/q;+1/p-1. The van der Waals surface area contributed by atoms with E-state index < -0.39 is 19.9 Å². The third-order valence-corrected chi connectivity index (χ3v) is 3.25. The van der Waals surface area contributed by atoms with Crippen molar-refractivity contribution in [2.75, 3.05) is 0 Å². The fourth-order valence-corrected chi connectivity index (χ4v) is 2.09. The van der Waals surface area contributed by atoms with Crippen LogP contribution in [0.2, 0.25) is 0 Å². The van der Waals surface area contributed by atoms with Crippen LogP contribution < -0.4 is 34.3 Å². The van der Waals surface area contributed by atoms with Gasteiger partial charge in [-0.3, -0.25) is 10.1 Å². The second-order valence-electron chi connectivity index (χ2n) is 3.76. The minimum Gasteiger partial charge on any atom is -0.744 e. The molecule has 0 aliphatic heterocycles. The molecule has 0 spiro atoms. The molecule has 0 N–H and O–H groups in total. The van der Waals surface area contributed by atoms with Crippen LogP contribution in [-0.2, 0) is 10.1 Å². The Labute approximate surface area is 142 Å². The molecule has 2 rings (SSSR count). The molecule has 0 saturated carbocycles. The van der Waals surface area contributed by atoms with Gasteiger partial charge < -0.3 is 9.29 Å². The molecule has 104 valence electrons. The van der Waals surface area contributed by atoms with Gasteiger partial charge in [0.25, 0.3) is 5.69 Å². The smallest absolute Gasteiger partial charge is 0.744 e. The van der Waals surface area contributed by atoms with Crippen LogP contribution in [0, 0.1) is 10.1 Å². The van der Waals surface area contributed by atoms with Crippen LogP contribution in [-0.4, -0.2) is 17.9 Å². The molecule has 0 amide bonds. The Morgan fingerprint density at radius 2 is 1.67 bits per heavy atom. The van der Waals surface area contributed by atoms with Crippen molar-refractivity contribution in [3.63, 3.8) is 0 Å². The third kappa shape index (κ3) is 4.51. The van der Waals surface area contributed by atoms with Crippen molar-refractivity contribution < 1.29 is 52.2 Å². The normalized spacial score (nSPS) is 10.5. The summed E-state index contributed by atoms with van der Waals surface area (Å²) in [5.74, 6) is -0.113. The first-order valence-corrected chi connectivity index (χ1v) is 6.76. The van der Waals surface area contributed by atoms with E-state index in [9.17, 15) is 23.1 Å². The predicted octanol–water partition coefficient (Wildman–Crippen LogP) is -0.705. The molecule has 2 aromatic rings. The van der Waals surface area contributed by atoms with E-state index in [1.54, 1.807) is 18.2 Å². The maximum Gasteiger partial charge on any atom is 1.00 e. The van der Waals surface area contributed by atoms with E-state index >= 15 is 0 Å². The van der Waals surface area contributed by atoms with Crippen LogP contribution in [0.25, 0.3) is 0 Å². The molecule has 0 heterocycles. The van der Waals surface area contributed by atoms with Crippen LogP contribution >= 0.6 is 0 Å². The third-order valence-electron chi connectivity index (χ3n) is 2.38. The van der Waals surface area contributed by atoms with Gasteiger partial charge in [-0.25, -0.2) is 8.42 Å². The SMILES string of the molecule is O=[N+]([O-])c1ccc(S(=O)(=O)[O-])c(Oc2ccccc2)c1.[Na+]. The van der Waals surface area contributed by atoms with E-state index in [1.807, 2.05) is 0 Å². The maximum atomic E-state index is 11.1. The van der Waals surface area contributed by atoms with Crippen molar-refractivity contribution in [1.82, 2.24) is 0 Å². The molecule has 0 atom stereocenters. The van der Waals surface area contributed by atoms with Gasteiger partial charge in [0.05, 0.1) is 15.9 Å². The van der Waals surface area contributed by atoms with Crippen molar-refractivity contribution in [2.45, 2.75) is 4.90 Å². The average Bonchev–Trinajstić information content (AvgIpc) is 2.38. The number of nitro groups is 1. The van der Waals surface area contributed by atoms with Gasteiger partial charge in [-0.1, -0.05) is 18.2 Å². The fraction of sp³-hybridized carbons (Fsp3) is 0. The molecule has 0 fully saturated rings. The van der Waals surface area contributed by atoms with Crippen molar-refractivity contribution in [1.29, 1.82) is 0 Å². The largest absolute Gasteiger partial charge is 1.00 e. The first kappa shape index (κ1) is 17.6. The van der Waals surface area contributed by atoms with E-state index in [-0.39, 0.29) is 46.7 Å². The summed E-state index contributed by atoms with van der Waals surface area (Å²) in [6.07, 6.45) is 0. The molecule has 7 nitrogen and oxygen atoms in total. The zero-order chi connectivity index (χ0) is 14.8. The molecule has 0 radical (unpaired) electrons.